The monoisotopic (exact) mass is 369 g/mol. The van der Waals surface area contributed by atoms with Crippen LogP contribution in [0.4, 0.5) is 0 Å². The van der Waals surface area contributed by atoms with Gasteiger partial charge in [0.2, 0.25) is 15.9 Å². The Balaban J connectivity index is 1.88. The normalized spacial score (nSPS) is 18.0. The SMILES string of the molecule is COC(CN)CC(=O)NC1CCN(S(=O)(=O)c2ccc(C)cc2)CC1. The minimum absolute atomic E-state index is 0.0211. The van der Waals surface area contributed by atoms with Gasteiger partial charge in [-0.25, -0.2) is 8.42 Å². The minimum Gasteiger partial charge on any atom is -0.380 e. The molecule has 0 spiro atoms. The quantitative estimate of drug-likeness (QED) is 0.734. The van der Waals surface area contributed by atoms with Gasteiger partial charge in [-0.2, -0.15) is 4.31 Å². The molecule has 0 aliphatic carbocycles. The summed E-state index contributed by atoms with van der Waals surface area (Å²) in [5, 5.41) is 2.94. The number of aryl methyl sites for hydroxylation is 1. The lowest BCUT2D eigenvalue weighted by Gasteiger charge is -2.31. The van der Waals surface area contributed by atoms with E-state index in [-0.39, 0.29) is 31.0 Å². The Kier molecular flexibility index (Phi) is 6.95. The summed E-state index contributed by atoms with van der Waals surface area (Å²) in [5.41, 5.74) is 6.54. The van der Waals surface area contributed by atoms with E-state index in [1.807, 2.05) is 6.92 Å². The van der Waals surface area contributed by atoms with E-state index in [1.54, 1.807) is 24.3 Å². The van der Waals surface area contributed by atoms with Gasteiger partial charge in [-0.15, -0.1) is 0 Å². The molecule has 25 heavy (non-hydrogen) atoms. The molecular weight excluding hydrogens is 342 g/mol. The number of methoxy groups -OCH3 is 1. The molecular formula is C17H27N3O4S. The molecule has 0 aromatic heterocycles. The first kappa shape index (κ1) is 19.8. The number of benzene rings is 1. The number of nitrogens with one attached hydrogen (secondary N) is 1. The number of ether oxygens (including phenoxy) is 1. The Morgan fingerprint density at radius 2 is 1.92 bits per heavy atom. The highest BCUT2D eigenvalue weighted by atomic mass is 32.2. The predicted octanol–water partition coefficient (Wildman–Crippen LogP) is 0.628. The third-order valence-electron chi connectivity index (χ3n) is 4.49. The number of hydrogen-bond acceptors (Lipinski definition) is 5. The van der Waals surface area contributed by atoms with Crippen molar-refractivity contribution in [2.75, 3.05) is 26.7 Å². The molecule has 1 atom stereocenters. The predicted molar refractivity (Wildman–Crippen MR) is 95.6 cm³/mol. The van der Waals surface area contributed by atoms with E-state index in [1.165, 1.54) is 11.4 Å². The van der Waals surface area contributed by atoms with Crippen molar-refractivity contribution in [2.45, 2.75) is 43.2 Å². The first-order valence-corrected chi connectivity index (χ1v) is 9.90. The first-order chi connectivity index (χ1) is 11.9. The Bertz CT molecular complexity index is 664. The van der Waals surface area contributed by atoms with Crippen molar-refractivity contribution >= 4 is 15.9 Å². The zero-order valence-electron chi connectivity index (χ0n) is 14.8. The number of rotatable bonds is 7. The molecule has 1 heterocycles. The molecule has 0 radical (unpaired) electrons. The van der Waals surface area contributed by atoms with Crippen LogP contribution in [-0.2, 0) is 19.6 Å². The van der Waals surface area contributed by atoms with E-state index in [4.69, 9.17) is 10.5 Å². The van der Waals surface area contributed by atoms with Gasteiger partial charge in [0.25, 0.3) is 0 Å². The van der Waals surface area contributed by atoms with Gasteiger partial charge in [0.1, 0.15) is 0 Å². The fourth-order valence-electron chi connectivity index (χ4n) is 2.86. The van der Waals surface area contributed by atoms with Gasteiger partial charge < -0.3 is 15.8 Å². The molecule has 1 fully saturated rings. The van der Waals surface area contributed by atoms with Crippen LogP contribution in [-0.4, -0.2) is 57.5 Å². The number of sulfonamides is 1. The largest absolute Gasteiger partial charge is 0.380 e. The van der Waals surface area contributed by atoms with Gasteiger partial charge in [-0.05, 0) is 31.9 Å². The van der Waals surface area contributed by atoms with Gasteiger partial charge in [0.05, 0.1) is 17.4 Å². The van der Waals surface area contributed by atoms with Crippen LogP contribution in [0, 0.1) is 6.92 Å². The minimum atomic E-state index is -3.47. The van der Waals surface area contributed by atoms with Crippen molar-refractivity contribution in [3.8, 4) is 0 Å². The Morgan fingerprint density at radius 1 is 1.32 bits per heavy atom. The molecule has 0 saturated carbocycles. The van der Waals surface area contributed by atoms with E-state index in [2.05, 4.69) is 5.32 Å². The maximum atomic E-state index is 12.7. The van der Waals surface area contributed by atoms with Gasteiger partial charge in [0, 0.05) is 32.8 Å². The van der Waals surface area contributed by atoms with Crippen molar-refractivity contribution in [3.05, 3.63) is 29.8 Å². The number of nitrogens with two attached hydrogens (primary N) is 1. The summed E-state index contributed by atoms with van der Waals surface area (Å²) in [6, 6.07) is 6.84. The van der Waals surface area contributed by atoms with E-state index in [0.29, 0.717) is 30.8 Å². The van der Waals surface area contributed by atoms with Crippen molar-refractivity contribution in [1.82, 2.24) is 9.62 Å². The van der Waals surface area contributed by atoms with E-state index >= 15 is 0 Å². The van der Waals surface area contributed by atoms with Crippen LogP contribution in [0.3, 0.4) is 0 Å². The highest BCUT2D eigenvalue weighted by Crippen LogP contribution is 2.21. The lowest BCUT2D eigenvalue weighted by atomic mass is 10.1. The topological polar surface area (TPSA) is 102 Å². The van der Waals surface area contributed by atoms with Crippen LogP contribution in [0.15, 0.2) is 29.2 Å². The molecule has 1 unspecified atom stereocenters. The zero-order valence-corrected chi connectivity index (χ0v) is 15.6. The summed E-state index contributed by atoms with van der Waals surface area (Å²) in [4.78, 5) is 12.3. The fraction of sp³-hybridized carbons (Fsp3) is 0.588. The molecule has 8 heteroatoms. The maximum absolute atomic E-state index is 12.7. The average Bonchev–Trinajstić information content (AvgIpc) is 2.60. The standard InChI is InChI=1S/C17H27N3O4S/c1-13-3-5-16(6-4-13)25(22,23)20-9-7-14(8-10-20)19-17(21)11-15(12-18)24-2/h3-6,14-15H,7-12,18H2,1-2H3,(H,19,21). The van der Waals surface area contributed by atoms with Crippen molar-refractivity contribution in [1.29, 1.82) is 0 Å². The summed E-state index contributed by atoms with van der Waals surface area (Å²) in [6.07, 6.45) is 1.12. The van der Waals surface area contributed by atoms with Crippen molar-refractivity contribution in [3.63, 3.8) is 0 Å². The first-order valence-electron chi connectivity index (χ1n) is 8.46. The number of carbonyl (C=O) groups is 1. The molecule has 7 nitrogen and oxygen atoms in total. The molecule has 1 aromatic carbocycles. The van der Waals surface area contributed by atoms with Crippen LogP contribution in [0.5, 0.6) is 0 Å². The second-order valence-corrected chi connectivity index (χ2v) is 8.29. The summed E-state index contributed by atoms with van der Waals surface area (Å²) in [5.74, 6) is -0.114. The lowest BCUT2D eigenvalue weighted by molar-refractivity contribution is -0.124. The molecule has 1 saturated heterocycles. The second kappa shape index (κ2) is 8.75. The average molecular weight is 369 g/mol. The Labute approximate surface area is 149 Å². The number of nitrogens with zero attached hydrogens (tertiary/aromatic N) is 1. The zero-order chi connectivity index (χ0) is 18.4. The smallest absolute Gasteiger partial charge is 0.243 e. The van der Waals surface area contributed by atoms with E-state index in [0.717, 1.165) is 5.56 Å². The molecule has 1 aliphatic rings. The number of amides is 1. The van der Waals surface area contributed by atoms with Gasteiger partial charge >= 0.3 is 0 Å². The molecule has 1 aliphatic heterocycles. The van der Waals surface area contributed by atoms with Crippen LogP contribution < -0.4 is 11.1 Å². The van der Waals surface area contributed by atoms with Crippen molar-refractivity contribution < 1.29 is 17.9 Å². The highest BCUT2D eigenvalue weighted by molar-refractivity contribution is 7.89. The van der Waals surface area contributed by atoms with Gasteiger partial charge in [-0.3, -0.25) is 4.79 Å². The van der Waals surface area contributed by atoms with Crippen LogP contribution in [0.25, 0.3) is 0 Å². The summed E-state index contributed by atoms with van der Waals surface area (Å²) < 4.78 is 31.9. The fourth-order valence-corrected chi connectivity index (χ4v) is 4.33. The van der Waals surface area contributed by atoms with Crippen LogP contribution in [0.1, 0.15) is 24.8 Å². The molecule has 1 aromatic rings. The third kappa shape index (κ3) is 5.24. The van der Waals surface area contributed by atoms with Crippen molar-refractivity contribution in [2.24, 2.45) is 5.73 Å². The van der Waals surface area contributed by atoms with Crippen LogP contribution in [0.2, 0.25) is 0 Å². The Hall–Kier alpha value is -1.48. The summed E-state index contributed by atoms with van der Waals surface area (Å²) in [7, 11) is -1.95. The Morgan fingerprint density at radius 3 is 2.44 bits per heavy atom. The number of carbonyl (C=O) groups excluding carboxylic acids is 1. The summed E-state index contributed by atoms with van der Waals surface area (Å²) in [6.45, 7) is 3.00. The molecule has 0 bridgehead atoms. The highest BCUT2D eigenvalue weighted by Gasteiger charge is 2.30. The number of piperidine rings is 1. The van der Waals surface area contributed by atoms with Crippen LogP contribution >= 0.6 is 0 Å². The molecule has 1 amide bonds. The number of hydrogen-bond donors (Lipinski definition) is 2. The van der Waals surface area contributed by atoms with Gasteiger partial charge in [-0.1, -0.05) is 17.7 Å². The maximum Gasteiger partial charge on any atom is 0.243 e. The third-order valence-corrected chi connectivity index (χ3v) is 6.40. The molecule has 2 rings (SSSR count). The van der Waals surface area contributed by atoms with E-state index in [9.17, 15) is 13.2 Å². The van der Waals surface area contributed by atoms with Gasteiger partial charge in [0.15, 0.2) is 0 Å². The lowest BCUT2D eigenvalue weighted by Crippen LogP contribution is -2.47. The van der Waals surface area contributed by atoms with E-state index < -0.39 is 10.0 Å². The second-order valence-electron chi connectivity index (χ2n) is 6.36. The molecule has 3 N–H and O–H groups in total. The summed E-state index contributed by atoms with van der Waals surface area (Å²) >= 11 is 0. The molecule has 140 valence electrons.